The van der Waals surface area contributed by atoms with E-state index in [-0.39, 0.29) is 5.76 Å². The number of fused-ring (bicyclic) bond motifs is 1. The number of amides is 1. The highest BCUT2D eigenvalue weighted by Crippen LogP contribution is 2.32. The lowest BCUT2D eigenvalue weighted by Gasteiger charge is -2.19. The summed E-state index contributed by atoms with van der Waals surface area (Å²) in [5.74, 6) is 0.369. The van der Waals surface area contributed by atoms with Crippen LogP contribution in [-0.4, -0.2) is 37.4 Å². The third kappa shape index (κ3) is 4.22. The molecule has 1 aliphatic rings. The molecule has 29 heavy (non-hydrogen) atoms. The number of thiazole rings is 1. The van der Waals surface area contributed by atoms with Crippen molar-refractivity contribution in [2.45, 2.75) is 6.92 Å². The van der Waals surface area contributed by atoms with Crippen LogP contribution in [0.5, 0.6) is 5.75 Å². The number of nitrogens with zero attached hydrogens (tertiary/aromatic N) is 3. The summed E-state index contributed by atoms with van der Waals surface area (Å²) in [6, 6.07) is 13.4. The molecule has 0 atom stereocenters. The summed E-state index contributed by atoms with van der Waals surface area (Å²) in [5, 5.41) is 6.07. The Bertz CT molecular complexity index is 1090. The molecule has 7 nitrogen and oxygen atoms in total. The highest BCUT2D eigenvalue weighted by molar-refractivity contribution is 7.22. The zero-order chi connectivity index (χ0) is 20.2. The van der Waals surface area contributed by atoms with Crippen LogP contribution in [0, 0.1) is 6.92 Å². The van der Waals surface area contributed by atoms with Gasteiger partial charge in [-0.15, -0.1) is 0 Å². The van der Waals surface area contributed by atoms with E-state index in [9.17, 15) is 4.79 Å². The Morgan fingerprint density at radius 3 is 2.79 bits per heavy atom. The van der Waals surface area contributed by atoms with Gasteiger partial charge in [0.25, 0.3) is 0 Å². The minimum atomic E-state index is -0.445. The fourth-order valence-corrected chi connectivity index (χ4v) is 3.61. The zero-order valence-corrected chi connectivity index (χ0v) is 16.8. The Kier molecular flexibility index (Phi) is 5.44. The number of benzene rings is 2. The van der Waals surface area contributed by atoms with E-state index in [0.717, 1.165) is 27.1 Å². The standard InChI is InChI=1S/C21H19N3O4S/c1-14-3-5-15(6-4-14)12-22-24(20(25)18-13-27-9-10-28-18)21-23-17-8-7-16(26-2)11-19(17)29-21/h3-8,11-13H,9-10H2,1-2H3/b22-12+. The zero-order valence-electron chi connectivity index (χ0n) is 16.0. The summed E-state index contributed by atoms with van der Waals surface area (Å²) < 4.78 is 16.8. The number of carbonyl (C=O) groups is 1. The predicted octanol–water partition coefficient (Wildman–Crippen LogP) is 3.87. The van der Waals surface area contributed by atoms with Gasteiger partial charge in [-0.2, -0.15) is 10.1 Å². The highest BCUT2D eigenvalue weighted by atomic mass is 32.1. The molecule has 0 bridgehead atoms. The van der Waals surface area contributed by atoms with Crippen molar-refractivity contribution in [2.75, 3.05) is 25.3 Å². The van der Waals surface area contributed by atoms with Crippen LogP contribution in [-0.2, 0) is 14.3 Å². The van der Waals surface area contributed by atoms with Crippen molar-refractivity contribution < 1.29 is 19.0 Å². The van der Waals surface area contributed by atoms with Crippen LogP contribution in [0.25, 0.3) is 10.2 Å². The molecular weight excluding hydrogens is 390 g/mol. The second kappa shape index (κ2) is 8.32. The predicted molar refractivity (Wildman–Crippen MR) is 112 cm³/mol. The largest absolute Gasteiger partial charge is 0.497 e. The first-order chi connectivity index (χ1) is 14.1. The summed E-state index contributed by atoms with van der Waals surface area (Å²) in [6.07, 6.45) is 2.94. The van der Waals surface area contributed by atoms with E-state index in [2.05, 4.69) is 10.1 Å². The minimum Gasteiger partial charge on any atom is -0.497 e. The Morgan fingerprint density at radius 1 is 1.24 bits per heavy atom. The first-order valence-electron chi connectivity index (χ1n) is 8.98. The van der Waals surface area contributed by atoms with Gasteiger partial charge < -0.3 is 14.2 Å². The van der Waals surface area contributed by atoms with Crippen LogP contribution in [0.4, 0.5) is 5.13 Å². The van der Waals surface area contributed by atoms with E-state index in [1.165, 1.54) is 22.6 Å². The molecule has 3 aromatic rings. The molecule has 8 heteroatoms. The van der Waals surface area contributed by atoms with Crippen LogP contribution in [0.1, 0.15) is 11.1 Å². The Morgan fingerprint density at radius 2 is 2.07 bits per heavy atom. The summed E-state index contributed by atoms with van der Waals surface area (Å²) >= 11 is 1.34. The molecule has 0 saturated heterocycles. The number of hydrazone groups is 1. The number of aryl methyl sites for hydroxylation is 1. The highest BCUT2D eigenvalue weighted by Gasteiger charge is 2.26. The monoisotopic (exact) mass is 409 g/mol. The summed E-state index contributed by atoms with van der Waals surface area (Å²) in [6.45, 7) is 2.73. The smallest absolute Gasteiger partial charge is 0.319 e. The van der Waals surface area contributed by atoms with Gasteiger partial charge in [0.2, 0.25) is 10.9 Å². The fourth-order valence-electron chi connectivity index (χ4n) is 2.66. The third-order valence-corrected chi connectivity index (χ3v) is 5.21. The van der Waals surface area contributed by atoms with Crippen molar-refractivity contribution in [1.29, 1.82) is 0 Å². The first kappa shape index (κ1) is 18.9. The van der Waals surface area contributed by atoms with E-state index in [4.69, 9.17) is 14.2 Å². The Hall–Kier alpha value is -3.39. The van der Waals surface area contributed by atoms with Gasteiger partial charge in [0.05, 0.1) is 23.5 Å². The van der Waals surface area contributed by atoms with Crippen molar-refractivity contribution in [1.82, 2.24) is 4.98 Å². The van der Waals surface area contributed by atoms with Gasteiger partial charge in [-0.25, -0.2) is 4.98 Å². The molecule has 0 radical (unpaired) electrons. The molecule has 1 amide bonds. The van der Waals surface area contributed by atoms with Crippen LogP contribution < -0.4 is 9.75 Å². The second-order valence-electron chi connectivity index (χ2n) is 6.30. The van der Waals surface area contributed by atoms with Gasteiger partial charge in [-0.05, 0) is 30.7 Å². The van der Waals surface area contributed by atoms with Crippen molar-refractivity contribution >= 4 is 38.8 Å². The lowest BCUT2D eigenvalue weighted by Crippen LogP contribution is -2.30. The molecule has 148 valence electrons. The lowest BCUT2D eigenvalue weighted by molar-refractivity contribution is -0.119. The molecule has 1 aromatic heterocycles. The normalized spacial score (nSPS) is 13.7. The molecule has 0 aliphatic carbocycles. The van der Waals surface area contributed by atoms with Crippen LogP contribution in [0.3, 0.4) is 0 Å². The quantitative estimate of drug-likeness (QED) is 0.472. The Balaban J connectivity index is 1.71. The third-order valence-electron chi connectivity index (χ3n) is 4.22. The topological polar surface area (TPSA) is 73.2 Å². The molecule has 4 rings (SSSR count). The maximum atomic E-state index is 13.1. The van der Waals surface area contributed by atoms with E-state index < -0.39 is 5.91 Å². The fraction of sp³-hybridized carbons (Fsp3) is 0.190. The van der Waals surface area contributed by atoms with Gasteiger partial charge in [0.1, 0.15) is 25.2 Å². The average Bonchev–Trinajstić information content (AvgIpc) is 3.18. The SMILES string of the molecule is COc1ccc2nc(N(/N=C/c3ccc(C)cc3)C(=O)C3=COCCO3)sc2c1. The average molecular weight is 409 g/mol. The van der Waals surface area contributed by atoms with E-state index in [1.54, 1.807) is 13.3 Å². The number of carbonyl (C=O) groups excluding carboxylic acids is 1. The molecule has 1 aliphatic heterocycles. The summed E-state index contributed by atoms with van der Waals surface area (Å²) in [5.41, 5.74) is 2.77. The molecule has 0 spiro atoms. The maximum Gasteiger partial charge on any atom is 0.319 e. The number of rotatable bonds is 5. The van der Waals surface area contributed by atoms with Gasteiger partial charge in [-0.1, -0.05) is 41.2 Å². The van der Waals surface area contributed by atoms with Crippen LogP contribution in [0.15, 0.2) is 59.6 Å². The first-order valence-corrected chi connectivity index (χ1v) is 9.80. The Labute approximate surface area is 171 Å². The van der Waals surface area contributed by atoms with Crippen molar-refractivity contribution in [3.8, 4) is 5.75 Å². The molecule has 0 N–H and O–H groups in total. The second-order valence-corrected chi connectivity index (χ2v) is 7.31. The summed E-state index contributed by atoms with van der Waals surface area (Å²) in [4.78, 5) is 17.6. The van der Waals surface area contributed by atoms with E-state index >= 15 is 0 Å². The number of methoxy groups -OCH3 is 1. The van der Waals surface area contributed by atoms with Crippen molar-refractivity contribution in [3.63, 3.8) is 0 Å². The summed E-state index contributed by atoms with van der Waals surface area (Å²) in [7, 11) is 1.61. The number of hydrogen-bond acceptors (Lipinski definition) is 7. The van der Waals surface area contributed by atoms with Gasteiger partial charge in [0, 0.05) is 0 Å². The lowest BCUT2D eigenvalue weighted by atomic mass is 10.2. The number of ether oxygens (including phenoxy) is 3. The maximum absolute atomic E-state index is 13.1. The van der Waals surface area contributed by atoms with Crippen molar-refractivity contribution in [2.24, 2.45) is 5.10 Å². The van der Waals surface area contributed by atoms with Crippen LogP contribution >= 0.6 is 11.3 Å². The molecule has 0 fully saturated rings. The van der Waals surface area contributed by atoms with Crippen LogP contribution in [0.2, 0.25) is 0 Å². The van der Waals surface area contributed by atoms with Crippen molar-refractivity contribution in [3.05, 3.63) is 65.6 Å². The molecule has 0 unspecified atom stereocenters. The molecule has 2 heterocycles. The van der Waals surface area contributed by atoms with Gasteiger partial charge >= 0.3 is 5.91 Å². The molecular formula is C21H19N3O4S. The number of hydrogen-bond donors (Lipinski definition) is 0. The number of aromatic nitrogens is 1. The van der Waals surface area contributed by atoms with Gasteiger partial charge in [0.15, 0.2) is 0 Å². The number of anilines is 1. The van der Waals surface area contributed by atoms with Gasteiger partial charge in [-0.3, -0.25) is 4.79 Å². The van der Waals surface area contributed by atoms with E-state index in [0.29, 0.717) is 18.3 Å². The minimum absolute atomic E-state index is 0.0918. The molecule has 2 aromatic carbocycles. The molecule has 0 saturated carbocycles. The van der Waals surface area contributed by atoms with E-state index in [1.807, 2.05) is 49.4 Å².